The average molecular weight is 362 g/mol. The summed E-state index contributed by atoms with van der Waals surface area (Å²) >= 11 is 0. The van der Waals surface area contributed by atoms with E-state index in [4.69, 9.17) is 0 Å². The predicted octanol–water partition coefficient (Wildman–Crippen LogP) is 3.62. The Morgan fingerprint density at radius 2 is 1.56 bits per heavy atom. The summed E-state index contributed by atoms with van der Waals surface area (Å²) in [5.74, 6) is 0.147. The lowest BCUT2D eigenvalue weighted by molar-refractivity contribution is -0.116. The highest BCUT2D eigenvalue weighted by molar-refractivity contribution is 5.99. The SMILES string of the molecule is O=C1C[C@@H](CN2CCCCC2)N(C(=O)c2ccc(-c3ccccc3)cc2)C1. The van der Waals surface area contributed by atoms with Crippen LogP contribution in [0.3, 0.4) is 0 Å². The molecule has 0 unspecified atom stereocenters. The molecule has 0 aliphatic carbocycles. The summed E-state index contributed by atoms with van der Waals surface area (Å²) in [6.45, 7) is 3.23. The molecule has 2 saturated heterocycles. The molecular weight excluding hydrogens is 336 g/mol. The van der Waals surface area contributed by atoms with E-state index in [9.17, 15) is 9.59 Å². The van der Waals surface area contributed by atoms with E-state index in [2.05, 4.69) is 17.0 Å². The first kappa shape index (κ1) is 17.9. The molecule has 1 atom stereocenters. The van der Waals surface area contributed by atoms with E-state index in [0.29, 0.717) is 12.0 Å². The molecule has 2 aliphatic heterocycles. The van der Waals surface area contributed by atoms with Crippen molar-refractivity contribution in [2.24, 2.45) is 0 Å². The fourth-order valence-electron chi connectivity index (χ4n) is 4.20. The topological polar surface area (TPSA) is 40.6 Å². The molecular formula is C23H26N2O2. The lowest BCUT2D eigenvalue weighted by Crippen LogP contribution is -2.44. The van der Waals surface area contributed by atoms with Crippen molar-refractivity contribution in [3.05, 3.63) is 60.2 Å². The predicted molar refractivity (Wildman–Crippen MR) is 107 cm³/mol. The highest BCUT2D eigenvalue weighted by Crippen LogP contribution is 2.23. The number of nitrogens with zero attached hydrogens (tertiary/aromatic N) is 2. The van der Waals surface area contributed by atoms with E-state index < -0.39 is 0 Å². The van der Waals surface area contributed by atoms with Gasteiger partial charge in [0.1, 0.15) is 0 Å². The van der Waals surface area contributed by atoms with E-state index in [0.717, 1.165) is 30.8 Å². The van der Waals surface area contributed by atoms with Gasteiger partial charge in [0.25, 0.3) is 5.91 Å². The van der Waals surface area contributed by atoms with Crippen molar-refractivity contribution in [3.8, 4) is 11.1 Å². The second kappa shape index (κ2) is 8.05. The largest absolute Gasteiger partial charge is 0.327 e. The fraction of sp³-hybridized carbons (Fsp3) is 0.391. The van der Waals surface area contributed by atoms with Crippen LogP contribution in [0.5, 0.6) is 0 Å². The van der Waals surface area contributed by atoms with Gasteiger partial charge in [0.15, 0.2) is 5.78 Å². The average Bonchev–Trinajstić information content (AvgIpc) is 3.09. The van der Waals surface area contributed by atoms with Crippen LogP contribution in [0.4, 0.5) is 0 Å². The minimum atomic E-state index is -0.0255. The van der Waals surface area contributed by atoms with Gasteiger partial charge in [-0.25, -0.2) is 0 Å². The van der Waals surface area contributed by atoms with Gasteiger partial charge in [-0.1, -0.05) is 48.9 Å². The first-order valence-electron chi connectivity index (χ1n) is 9.91. The number of hydrogen-bond acceptors (Lipinski definition) is 3. The summed E-state index contributed by atoms with van der Waals surface area (Å²) in [6, 6.07) is 17.9. The van der Waals surface area contributed by atoms with Crippen LogP contribution in [0.25, 0.3) is 11.1 Å². The van der Waals surface area contributed by atoms with Crippen molar-refractivity contribution < 1.29 is 9.59 Å². The maximum Gasteiger partial charge on any atom is 0.254 e. The van der Waals surface area contributed by atoms with Gasteiger partial charge in [0.2, 0.25) is 0 Å². The quantitative estimate of drug-likeness (QED) is 0.834. The fourth-order valence-corrected chi connectivity index (χ4v) is 4.20. The number of ketones is 1. The number of hydrogen-bond donors (Lipinski definition) is 0. The summed E-state index contributed by atoms with van der Waals surface area (Å²) in [5.41, 5.74) is 2.89. The number of benzene rings is 2. The first-order valence-corrected chi connectivity index (χ1v) is 9.91. The highest BCUT2D eigenvalue weighted by Gasteiger charge is 2.35. The van der Waals surface area contributed by atoms with Gasteiger partial charge in [0, 0.05) is 18.5 Å². The monoisotopic (exact) mass is 362 g/mol. The molecule has 2 aromatic carbocycles. The Kier molecular flexibility index (Phi) is 5.35. The van der Waals surface area contributed by atoms with E-state index >= 15 is 0 Å². The van der Waals surface area contributed by atoms with Gasteiger partial charge in [-0.2, -0.15) is 0 Å². The first-order chi connectivity index (χ1) is 13.2. The number of Topliss-reactive ketones (excluding diaryl/α,β-unsaturated/α-hetero) is 1. The number of carbonyl (C=O) groups excluding carboxylic acids is 2. The molecule has 2 fully saturated rings. The zero-order valence-corrected chi connectivity index (χ0v) is 15.6. The Morgan fingerprint density at radius 3 is 2.26 bits per heavy atom. The zero-order valence-electron chi connectivity index (χ0n) is 15.6. The standard InChI is InChI=1S/C23H26N2O2/c26-22-15-21(16-24-13-5-2-6-14-24)25(17-22)23(27)20-11-9-19(10-12-20)18-7-3-1-4-8-18/h1,3-4,7-12,21H,2,5-6,13-17H2/t21-/m0/s1. The van der Waals surface area contributed by atoms with Gasteiger partial charge in [0.05, 0.1) is 12.6 Å². The molecule has 0 radical (unpaired) electrons. The molecule has 4 nitrogen and oxygen atoms in total. The van der Waals surface area contributed by atoms with Crippen molar-refractivity contribution in [2.75, 3.05) is 26.2 Å². The number of likely N-dealkylation sites (tertiary alicyclic amines) is 2. The normalized spacial score (nSPS) is 20.8. The Hall–Kier alpha value is -2.46. The molecule has 0 bridgehead atoms. The van der Waals surface area contributed by atoms with Crippen LogP contribution in [0, 0.1) is 0 Å². The maximum absolute atomic E-state index is 13.0. The van der Waals surface area contributed by atoms with Crippen LogP contribution in [0.15, 0.2) is 54.6 Å². The van der Waals surface area contributed by atoms with Crippen LogP contribution < -0.4 is 0 Å². The molecule has 4 heteroatoms. The van der Waals surface area contributed by atoms with Crippen LogP contribution in [-0.2, 0) is 4.79 Å². The van der Waals surface area contributed by atoms with E-state index in [1.165, 1.54) is 19.3 Å². The van der Waals surface area contributed by atoms with E-state index in [1.54, 1.807) is 4.90 Å². The van der Waals surface area contributed by atoms with Crippen molar-refractivity contribution in [2.45, 2.75) is 31.7 Å². The minimum Gasteiger partial charge on any atom is -0.327 e. The second-order valence-electron chi connectivity index (χ2n) is 7.63. The number of carbonyl (C=O) groups is 2. The third kappa shape index (κ3) is 4.11. The molecule has 0 saturated carbocycles. The molecule has 140 valence electrons. The van der Waals surface area contributed by atoms with Crippen molar-refractivity contribution in [3.63, 3.8) is 0 Å². The molecule has 2 aromatic rings. The molecule has 2 aliphatic rings. The third-order valence-corrected chi connectivity index (χ3v) is 5.67. The number of amides is 1. The molecule has 4 rings (SSSR count). The van der Waals surface area contributed by atoms with Crippen molar-refractivity contribution in [1.29, 1.82) is 0 Å². The van der Waals surface area contributed by atoms with Gasteiger partial charge in [-0.05, 0) is 49.2 Å². The summed E-state index contributed by atoms with van der Waals surface area (Å²) < 4.78 is 0. The van der Waals surface area contributed by atoms with Gasteiger partial charge < -0.3 is 9.80 Å². The molecule has 0 N–H and O–H groups in total. The molecule has 27 heavy (non-hydrogen) atoms. The summed E-state index contributed by atoms with van der Waals surface area (Å²) in [4.78, 5) is 29.3. The summed E-state index contributed by atoms with van der Waals surface area (Å²) in [7, 11) is 0. The highest BCUT2D eigenvalue weighted by atomic mass is 16.2. The lowest BCUT2D eigenvalue weighted by atomic mass is 10.0. The smallest absolute Gasteiger partial charge is 0.254 e. The molecule has 1 amide bonds. The number of piperidine rings is 1. The Bertz CT molecular complexity index is 795. The molecule has 0 spiro atoms. The van der Waals surface area contributed by atoms with Crippen LogP contribution >= 0.6 is 0 Å². The van der Waals surface area contributed by atoms with E-state index in [-0.39, 0.29) is 24.3 Å². The van der Waals surface area contributed by atoms with Crippen molar-refractivity contribution >= 4 is 11.7 Å². The summed E-state index contributed by atoms with van der Waals surface area (Å²) in [5, 5.41) is 0. The minimum absolute atomic E-state index is 0.0110. The number of rotatable bonds is 4. The zero-order chi connectivity index (χ0) is 18.6. The van der Waals surface area contributed by atoms with Crippen LogP contribution in [0.2, 0.25) is 0 Å². The Balaban J connectivity index is 1.47. The molecule has 2 heterocycles. The maximum atomic E-state index is 13.0. The van der Waals surface area contributed by atoms with Crippen LogP contribution in [-0.4, -0.2) is 53.7 Å². The second-order valence-corrected chi connectivity index (χ2v) is 7.63. The third-order valence-electron chi connectivity index (χ3n) is 5.67. The Morgan fingerprint density at radius 1 is 0.889 bits per heavy atom. The van der Waals surface area contributed by atoms with Gasteiger partial charge >= 0.3 is 0 Å². The van der Waals surface area contributed by atoms with E-state index in [1.807, 2.05) is 42.5 Å². The van der Waals surface area contributed by atoms with Crippen LogP contribution in [0.1, 0.15) is 36.0 Å². The molecule has 0 aromatic heterocycles. The lowest BCUT2D eigenvalue weighted by Gasteiger charge is -2.32. The van der Waals surface area contributed by atoms with Gasteiger partial charge in [-0.15, -0.1) is 0 Å². The Labute approximate surface area is 160 Å². The summed E-state index contributed by atoms with van der Waals surface area (Å²) in [6.07, 6.45) is 4.21. The van der Waals surface area contributed by atoms with Crippen molar-refractivity contribution in [1.82, 2.24) is 9.80 Å². The van der Waals surface area contributed by atoms with Gasteiger partial charge in [-0.3, -0.25) is 9.59 Å².